The zero-order chi connectivity index (χ0) is 9.97. The van der Waals surface area contributed by atoms with Gasteiger partial charge in [0, 0.05) is 11.3 Å². The van der Waals surface area contributed by atoms with Crippen LogP contribution in [0.1, 0.15) is 24.1 Å². The van der Waals surface area contributed by atoms with Gasteiger partial charge in [-0.1, -0.05) is 37.3 Å². The Balaban J connectivity index is 2.29. The molecular weight excluding hydrogens is 192 g/mol. The largest absolute Gasteiger partial charge is 0.375 e. The van der Waals surface area contributed by atoms with E-state index in [1.165, 1.54) is 16.9 Å². The van der Waals surface area contributed by atoms with Crippen LogP contribution < -0.4 is 5.73 Å². The second-order valence-electron chi connectivity index (χ2n) is 3.24. The number of thiazole rings is 1. The molecule has 0 amide bonds. The number of rotatable bonds is 2. The number of hydrogen-bond donors (Lipinski definition) is 1. The van der Waals surface area contributed by atoms with E-state index < -0.39 is 0 Å². The SMILES string of the molecule is C[C@@H](c1ccccc1)c1csc(N)n1. The Labute approximate surface area is 87.4 Å². The summed E-state index contributed by atoms with van der Waals surface area (Å²) in [6.45, 7) is 2.14. The van der Waals surface area contributed by atoms with Crippen LogP contribution in [0.4, 0.5) is 5.13 Å². The molecule has 0 fully saturated rings. The summed E-state index contributed by atoms with van der Waals surface area (Å²) < 4.78 is 0. The fourth-order valence-corrected chi connectivity index (χ4v) is 2.07. The van der Waals surface area contributed by atoms with Gasteiger partial charge >= 0.3 is 0 Å². The summed E-state index contributed by atoms with van der Waals surface area (Å²) in [5, 5.41) is 2.66. The first-order valence-electron chi connectivity index (χ1n) is 4.53. The molecular formula is C11H12N2S. The van der Waals surface area contributed by atoms with Gasteiger partial charge in [-0.3, -0.25) is 0 Å². The molecule has 1 atom stereocenters. The fourth-order valence-electron chi connectivity index (χ4n) is 1.41. The molecule has 0 radical (unpaired) electrons. The Morgan fingerprint density at radius 1 is 1.29 bits per heavy atom. The number of nitrogens with two attached hydrogens (primary N) is 1. The number of nitrogen functional groups attached to an aromatic ring is 1. The van der Waals surface area contributed by atoms with Crippen LogP contribution in [-0.4, -0.2) is 4.98 Å². The molecule has 0 unspecified atom stereocenters. The Morgan fingerprint density at radius 2 is 2.00 bits per heavy atom. The second kappa shape index (κ2) is 3.80. The van der Waals surface area contributed by atoms with E-state index in [2.05, 4.69) is 24.0 Å². The van der Waals surface area contributed by atoms with E-state index in [0.29, 0.717) is 11.0 Å². The maximum Gasteiger partial charge on any atom is 0.180 e. The molecule has 0 aliphatic carbocycles. The van der Waals surface area contributed by atoms with Crippen molar-refractivity contribution in [3.8, 4) is 0 Å². The first kappa shape index (κ1) is 9.21. The number of hydrogen-bond acceptors (Lipinski definition) is 3. The predicted molar refractivity (Wildman–Crippen MR) is 60.5 cm³/mol. The van der Waals surface area contributed by atoms with Gasteiger partial charge in [0.2, 0.25) is 0 Å². The van der Waals surface area contributed by atoms with Crippen LogP contribution in [-0.2, 0) is 0 Å². The first-order valence-corrected chi connectivity index (χ1v) is 5.41. The third-order valence-corrected chi connectivity index (χ3v) is 2.98. The lowest BCUT2D eigenvalue weighted by atomic mass is 9.99. The smallest absolute Gasteiger partial charge is 0.180 e. The third-order valence-electron chi connectivity index (χ3n) is 2.28. The Hall–Kier alpha value is -1.35. The monoisotopic (exact) mass is 204 g/mol. The summed E-state index contributed by atoms with van der Waals surface area (Å²) in [6, 6.07) is 10.3. The quantitative estimate of drug-likeness (QED) is 0.817. The van der Waals surface area contributed by atoms with Gasteiger partial charge in [0.25, 0.3) is 0 Å². The molecule has 1 aromatic heterocycles. The first-order chi connectivity index (χ1) is 6.77. The van der Waals surface area contributed by atoms with Crippen molar-refractivity contribution in [3.63, 3.8) is 0 Å². The highest BCUT2D eigenvalue weighted by Crippen LogP contribution is 2.25. The van der Waals surface area contributed by atoms with Crippen molar-refractivity contribution in [3.05, 3.63) is 47.0 Å². The minimum atomic E-state index is 0.324. The molecule has 0 aliphatic rings. The van der Waals surface area contributed by atoms with Gasteiger partial charge in [0.1, 0.15) is 0 Å². The molecule has 0 spiro atoms. The lowest BCUT2D eigenvalue weighted by Gasteiger charge is -2.07. The highest BCUT2D eigenvalue weighted by Gasteiger charge is 2.10. The maximum atomic E-state index is 5.60. The highest BCUT2D eigenvalue weighted by atomic mass is 32.1. The summed E-state index contributed by atoms with van der Waals surface area (Å²) in [6.07, 6.45) is 0. The molecule has 2 N–H and O–H groups in total. The Kier molecular flexibility index (Phi) is 2.50. The van der Waals surface area contributed by atoms with Gasteiger partial charge < -0.3 is 5.73 Å². The second-order valence-corrected chi connectivity index (χ2v) is 4.13. The van der Waals surface area contributed by atoms with Crippen LogP contribution in [0.3, 0.4) is 0 Å². The molecule has 2 nitrogen and oxygen atoms in total. The van der Waals surface area contributed by atoms with Gasteiger partial charge in [0.15, 0.2) is 5.13 Å². The molecule has 3 heteroatoms. The third kappa shape index (κ3) is 1.77. The topological polar surface area (TPSA) is 38.9 Å². The minimum Gasteiger partial charge on any atom is -0.375 e. The number of nitrogens with zero attached hydrogens (tertiary/aromatic N) is 1. The maximum absolute atomic E-state index is 5.60. The molecule has 2 rings (SSSR count). The fraction of sp³-hybridized carbons (Fsp3) is 0.182. The van der Waals surface area contributed by atoms with E-state index in [1.54, 1.807) is 0 Å². The highest BCUT2D eigenvalue weighted by molar-refractivity contribution is 7.13. The van der Waals surface area contributed by atoms with Crippen LogP contribution in [0.25, 0.3) is 0 Å². The van der Waals surface area contributed by atoms with Crippen LogP contribution in [0.5, 0.6) is 0 Å². The van der Waals surface area contributed by atoms with Crippen molar-refractivity contribution in [2.45, 2.75) is 12.8 Å². The zero-order valence-electron chi connectivity index (χ0n) is 7.97. The van der Waals surface area contributed by atoms with Crippen LogP contribution >= 0.6 is 11.3 Å². The van der Waals surface area contributed by atoms with Gasteiger partial charge in [-0.2, -0.15) is 0 Å². The summed E-state index contributed by atoms with van der Waals surface area (Å²) in [7, 11) is 0. The summed E-state index contributed by atoms with van der Waals surface area (Å²) in [5.74, 6) is 0.324. The summed E-state index contributed by atoms with van der Waals surface area (Å²) >= 11 is 1.49. The Morgan fingerprint density at radius 3 is 2.57 bits per heavy atom. The average molecular weight is 204 g/mol. The molecule has 0 bridgehead atoms. The molecule has 0 aliphatic heterocycles. The Bertz CT molecular complexity index is 408. The van der Waals surface area contributed by atoms with Gasteiger partial charge in [-0.15, -0.1) is 11.3 Å². The molecule has 1 aromatic carbocycles. The van der Waals surface area contributed by atoms with Gasteiger partial charge in [-0.05, 0) is 5.56 Å². The van der Waals surface area contributed by atoms with Crippen molar-refractivity contribution >= 4 is 16.5 Å². The van der Waals surface area contributed by atoms with Crippen molar-refractivity contribution in [1.29, 1.82) is 0 Å². The van der Waals surface area contributed by atoms with Crippen molar-refractivity contribution in [1.82, 2.24) is 4.98 Å². The van der Waals surface area contributed by atoms with Gasteiger partial charge in [-0.25, -0.2) is 4.98 Å². The molecule has 0 saturated heterocycles. The van der Waals surface area contributed by atoms with Crippen LogP contribution in [0.15, 0.2) is 35.7 Å². The van der Waals surface area contributed by atoms with E-state index in [9.17, 15) is 0 Å². The van der Waals surface area contributed by atoms with E-state index in [4.69, 9.17) is 5.73 Å². The number of benzene rings is 1. The lowest BCUT2D eigenvalue weighted by molar-refractivity contribution is 0.886. The number of aromatic nitrogens is 1. The lowest BCUT2D eigenvalue weighted by Crippen LogP contribution is -1.96. The van der Waals surface area contributed by atoms with Gasteiger partial charge in [0.05, 0.1) is 5.69 Å². The summed E-state index contributed by atoms with van der Waals surface area (Å²) in [5.41, 5.74) is 7.93. The molecule has 14 heavy (non-hydrogen) atoms. The minimum absolute atomic E-state index is 0.324. The normalized spacial score (nSPS) is 12.6. The van der Waals surface area contributed by atoms with Crippen molar-refractivity contribution < 1.29 is 0 Å². The number of anilines is 1. The average Bonchev–Trinajstić information content (AvgIpc) is 2.65. The van der Waals surface area contributed by atoms with Crippen LogP contribution in [0, 0.1) is 0 Å². The molecule has 72 valence electrons. The van der Waals surface area contributed by atoms with E-state index in [0.717, 1.165) is 5.69 Å². The molecule has 2 aromatic rings. The molecule has 1 heterocycles. The van der Waals surface area contributed by atoms with Crippen LogP contribution in [0.2, 0.25) is 0 Å². The predicted octanol–water partition coefficient (Wildman–Crippen LogP) is 2.88. The zero-order valence-corrected chi connectivity index (χ0v) is 8.79. The molecule has 0 saturated carbocycles. The van der Waals surface area contributed by atoms with E-state index >= 15 is 0 Å². The summed E-state index contributed by atoms with van der Waals surface area (Å²) in [4.78, 5) is 4.28. The van der Waals surface area contributed by atoms with Crippen molar-refractivity contribution in [2.24, 2.45) is 0 Å². The standard InChI is InChI=1S/C11H12N2S/c1-8(9-5-3-2-4-6-9)10-7-14-11(12)13-10/h2-8H,1H3,(H2,12,13)/t8-/m0/s1. The van der Waals surface area contributed by atoms with Crippen molar-refractivity contribution in [2.75, 3.05) is 5.73 Å². The van der Waals surface area contributed by atoms with E-state index in [-0.39, 0.29) is 0 Å². The van der Waals surface area contributed by atoms with E-state index in [1.807, 2.05) is 23.6 Å².